The Balaban J connectivity index is 0.000000129. The van der Waals surface area contributed by atoms with Crippen LogP contribution in [0.2, 0.25) is 20.1 Å². The second-order valence-electron chi connectivity index (χ2n) is 40.8. The number of likely N-dealkylation sites (tertiary alicyclic amines) is 6. The van der Waals surface area contributed by atoms with Crippen LogP contribution in [0.5, 0.6) is 0 Å². The van der Waals surface area contributed by atoms with Crippen molar-refractivity contribution in [2.75, 3.05) is 131 Å². The third-order valence-electron chi connectivity index (χ3n) is 32.2. The first-order valence-corrected chi connectivity index (χ1v) is 55.6. The molecule has 0 unspecified atom stereocenters. The van der Waals surface area contributed by atoms with Gasteiger partial charge in [-0.2, -0.15) is 0 Å². The predicted octanol–water partition coefficient (Wildman–Crippen LogP) is 20.2. The summed E-state index contributed by atoms with van der Waals surface area (Å²) in [5.74, 6) is 4.52. The molecule has 8 saturated heterocycles. The Labute approximate surface area is 878 Å². The van der Waals surface area contributed by atoms with E-state index in [1.54, 1.807) is 27.7 Å². The summed E-state index contributed by atoms with van der Waals surface area (Å²) in [5.41, 5.74) is 20.3. The van der Waals surface area contributed by atoms with Gasteiger partial charge in [0.05, 0.1) is 34.9 Å². The number of aryl methyl sites for hydroxylation is 8. The number of piperidine rings is 6. The van der Waals surface area contributed by atoms with E-state index in [-0.39, 0.29) is 71.2 Å². The first-order chi connectivity index (χ1) is 67.5. The van der Waals surface area contributed by atoms with Crippen molar-refractivity contribution >= 4 is 157 Å². The number of carbonyl (C=O) groups excluding carboxylic acids is 8. The van der Waals surface area contributed by atoms with E-state index in [0.717, 1.165) is 309 Å². The van der Waals surface area contributed by atoms with E-state index in [2.05, 4.69) is 156 Å². The summed E-state index contributed by atoms with van der Waals surface area (Å²) in [6, 6.07) is 34.1. The van der Waals surface area contributed by atoms with Gasteiger partial charge in [0.2, 0.25) is 47.3 Å². The Morgan fingerprint density at radius 2 is 0.479 bits per heavy atom. The summed E-state index contributed by atoms with van der Waals surface area (Å²) in [6.07, 6.45) is 29.0. The molecule has 8 amide bonds. The van der Waals surface area contributed by atoms with Crippen LogP contribution >= 0.6 is 110 Å². The highest BCUT2D eigenvalue weighted by atomic mass is 79.9. The van der Waals surface area contributed by atoms with Gasteiger partial charge in [0, 0.05) is 259 Å². The number of fused-ring (bicyclic) bond motifs is 8. The molecule has 0 bridgehead atoms. The fourth-order valence-corrected chi connectivity index (χ4v) is 26.5. The molecule has 4 aromatic heterocycles. The van der Waals surface area contributed by atoms with Crippen molar-refractivity contribution in [3.63, 3.8) is 0 Å². The molecule has 22 nitrogen and oxygen atoms in total. The Hall–Kier alpha value is -7.76. The number of rotatable bonds is 12. The van der Waals surface area contributed by atoms with Crippen LogP contribution in [-0.4, -0.2) is 247 Å². The average molecular weight is 2240 g/mol. The van der Waals surface area contributed by atoms with Crippen molar-refractivity contribution < 1.29 is 38.4 Å². The number of nitrogens with zero attached hydrogens (tertiary/aromatic N) is 14. The first kappa shape index (κ1) is 104. The molecular weight excluding hydrogens is 2110 g/mol. The summed E-state index contributed by atoms with van der Waals surface area (Å²) >= 11 is 39.9. The number of hydrogen-bond donors (Lipinski definition) is 0. The minimum atomic E-state index is 0.0704. The molecule has 140 heavy (non-hydrogen) atoms. The molecule has 0 saturated carbocycles. The lowest BCUT2D eigenvalue weighted by Gasteiger charge is -2.40. The van der Waals surface area contributed by atoms with Crippen molar-refractivity contribution in [1.29, 1.82) is 0 Å². The van der Waals surface area contributed by atoms with Gasteiger partial charge < -0.3 is 39.2 Å². The molecule has 0 N–H and O–H groups in total. The van der Waals surface area contributed by atoms with Gasteiger partial charge in [-0.15, -0.1) is 0 Å². The van der Waals surface area contributed by atoms with Crippen LogP contribution in [0.3, 0.4) is 0 Å². The van der Waals surface area contributed by atoms with Crippen LogP contribution < -0.4 is 0 Å². The monoisotopic (exact) mass is 2230 g/mol. The van der Waals surface area contributed by atoms with E-state index < -0.39 is 0 Å². The van der Waals surface area contributed by atoms with Crippen LogP contribution in [0.1, 0.15) is 244 Å². The van der Waals surface area contributed by atoms with E-state index in [9.17, 15) is 38.4 Å². The zero-order valence-corrected chi connectivity index (χ0v) is 90.4. The van der Waals surface area contributed by atoms with Gasteiger partial charge in [-0.3, -0.25) is 68.1 Å². The minimum absolute atomic E-state index is 0.0704. The SMILES string of the molecule is CC(=O)N1CCC(CC(=O)N2CCC([C@@H]3c4ccc(Cl)cc4CCc4cc(Br)cnc43)CC2)CC1.CC(=O)N1CCC(CC(=O)N2CCC([C@H]3c4ccc(Cl)cc4CCc4cc(Br)cnc43)CC2)CC1.CC(=O)N1CCC(CC(=O)N2CCN([C@@H]3c4ccc(Cl)cc4CCc4cc(Br)cnc43)CC2)CC1.CC(=O)N1CCC(CC(=O)N2CCN([C@H]3c4ccc(Cl)cc4CCc4cc(Br)cnc43)CC2)CC1. The molecule has 8 aliphatic heterocycles. The quantitative estimate of drug-likeness (QED) is 0.111. The first-order valence-electron chi connectivity index (χ1n) is 50.9. The van der Waals surface area contributed by atoms with Gasteiger partial charge >= 0.3 is 0 Å². The fourth-order valence-electron chi connectivity index (χ4n) is 24.2. The number of benzene rings is 4. The highest BCUT2D eigenvalue weighted by Gasteiger charge is 2.42. The molecule has 4 aromatic carbocycles. The number of amides is 8. The van der Waals surface area contributed by atoms with Crippen LogP contribution in [-0.2, 0) is 89.7 Å². The molecule has 4 aliphatic carbocycles. The number of aromatic nitrogens is 4. The van der Waals surface area contributed by atoms with E-state index in [1.165, 1.54) is 78.1 Å². The second kappa shape index (κ2) is 47.6. The predicted molar refractivity (Wildman–Crippen MR) is 564 cm³/mol. The largest absolute Gasteiger partial charge is 0.343 e. The third kappa shape index (κ3) is 25.5. The van der Waals surface area contributed by atoms with Crippen molar-refractivity contribution in [3.05, 3.63) is 249 Å². The molecule has 0 spiro atoms. The number of carbonyl (C=O) groups is 8. The summed E-state index contributed by atoms with van der Waals surface area (Å²) in [6.45, 7) is 22.1. The molecule has 30 heteroatoms. The maximum Gasteiger partial charge on any atom is 0.222 e. The number of pyridine rings is 4. The molecule has 0 radical (unpaired) electrons. The van der Waals surface area contributed by atoms with Crippen molar-refractivity contribution in [2.45, 2.75) is 206 Å². The molecule has 8 fully saturated rings. The molecule has 12 heterocycles. The summed E-state index contributed by atoms with van der Waals surface area (Å²) in [5, 5.41) is 3.12. The van der Waals surface area contributed by atoms with Crippen LogP contribution in [0.4, 0.5) is 0 Å². The maximum atomic E-state index is 13.1. The van der Waals surface area contributed by atoms with Crippen molar-refractivity contribution in [2.24, 2.45) is 35.5 Å². The third-order valence-corrected chi connectivity index (χ3v) is 34.9. The number of halogens is 8. The Bertz CT molecular complexity index is 4920. The summed E-state index contributed by atoms with van der Waals surface area (Å²) in [4.78, 5) is 139. The lowest BCUT2D eigenvalue weighted by atomic mass is 9.76. The lowest BCUT2D eigenvalue weighted by molar-refractivity contribution is -0.136. The zero-order chi connectivity index (χ0) is 98.1. The Morgan fingerprint density at radius 1 is 0.264 bits per heavy atom. The normalized spacial score (nSPS) is 21.3. The smallest absolute Gasteiger partial charge is 0.222 e. The van der Waals surface area contributed by atoms with Gasteiger partial charge in [0.25, 0.3) is 0 Å². The molecular formula is C110H130Br4Cl4N14O8. The van der Waals surface area contributed by atoms with Gasteiger partial charge in [0.1, 0.15) is 0 Å². The van der Waals surface area contributed by atoms with Crippen LogP contribution in [0.25, 0.3) is 0 Å². The molecule has 12 aliphatic rings. The summed E-state index contributed by atoms with van der Waals surface area (Å²) in [7, 11) is 0. The lowest BCUT2D eigenvalue weighted by Crippen LogP contribution is -2.50. The van der Waals surface area contributed by atoms with Crippen molar-refractivity contribution in [1.82, 2.24) is 68.9 Å². The second-order valence-corrected chi connectivity index (χ2v) is 46.2. The van der Waals surface area contributed by atoms with E-state index in [0.29, 0.717) is 61.2 Å². The minimum Gasteiger partial charge on any atom is -0.343 e. The number of piperazine rings is 2. The molecule has 20 rings (SSSR count). The van der Waals surface area contributed by atoms with Crippen molar-refractivity contribution in [3.8, 4) is 0 Å². The van der Waals surface area contributed by atoms with E-state index in [1.807, 2.05) is 78.5 Å². The topological polar surface area (TPSA) is 221 Å². The average Bonchev–Trinajstić information content (AvgIpc) is 1.60. The maximum absolute atomic E-state index is 13.1. The highest BCUT2D eigenvalue weighted by Crippen LogP contribution is 2.48. The zero-order valence-electron chi connectivity index (χ0n) is 81.0. The fraction of sp³-hybridized carbons (Fsp3) is 0.527. The van der Waals surface area contributed by atoms with Gasteiger partial charge in [-0.05, 0) is 367 Å². The van der Waals surface area contributed by atoms with Gasteiger partial charge in [0.15, 0.2) is 0 Å². The number of hydrogen-bond acceptors (Lipinski definition) is 14. The van der Waals surface area contributed by atoms with Gasteiger partial charge in [-0.1, -0.05) is 70.7 Å². The van der Waals surface area contributed by atoms with E-state index in [4.69, 9.17) is 66.3 Å². The Morgan fingerprint density at radius 3 is 0.736 bits per heavy atom. The van der Waals surface area contributed by atoms with E-state index >= 15 is 0 Å². The molecule has 8 aromatic rings. The van der Waals surface area contributed by atoms with Crippen LogP contribution in [0, 0.1) is 35.5 Å². The molecule has 4 atom stereocenters. The van der Waals surface area contributed by atoms with Gasteiger partial charge in [-0.25, -0.2) is 0 Å². The standard InChI is InChI=1S/2C28H33BrClN3O2.2C27H32BrClN4O2/c2*1-18(34)32-10-6-19(7-11-32)14-26(35)33-12-8-20(9-13-33)27-25-5-4-24(30)16-21(25)2-3-22-15-23(29)17-31-28(22)27;2*1-18(34)31-8-6-19(7-9-31)14-25(35)32-10-12-33(13-11-32)27-24-5-4-23(29)16-20(24)2-3-21-15-22(28)17-30-26(21)27/h2*4-5,15-17,19-20,27H,2-3,6-14H2,1H3;2*4-5,15-17,19,27H,2-3,6-14H2,1H3/t4*27-/m1010/s1. The van der Waals surface area contributed by atoms with Crippen LogP contribution in [0.15, 0.2) is 140 Å². The highest BCUT2D eigenvalue weighted by molar-refractivity contribution is 9.11. The molecule has 744 valence electrons. The Kier molecular flexibility index (Phi) is 35.2. The summed E-state index contributed by atoms with van der Waals surface area (Å²) < 4.78 is 4.05.